The molecule has 2 aromatic rings. The number of rotatable bonds is 7. The van der Waals surface area contributed by atoms with Crippen LogP contribution in [0, 0.1) is 10.1 Å². The Morgan fingerprint density at radius 3 is 2.55 bits per heavy atom. The smallest absolute Gasteiger partial charge is 0.270 e. The van der Waals surface area contributed by atoms with Crippen LogP contribution in [0.4, 0.5) is 11.4 Å². The Bertz CT molecular complexity index is 1020. The van der Waals surface area contributed by atoms with Crippen LogP contribution in [0.1, 0.15) is 25.3 Å². The number of benzene rings is 2. The highest BCUT2D eigenvalue weighted by Crippen LogP contribution is 2.32. The van der Waals surface area contributed by atoms with Gasteiger partial charge in [-0.3, -0.25) is 10.1 Å². The first-order valence-electron chi connectivity index (χ1n) is 9.12. The molecule has 156 valence electrons. The molecular weight excluding hydrogens is 418 g/mol. The molecule has 8 nitrogen and oxygen atoms in total. The quantitative estimate of drug-likeness (QED) is 0.505. The first kappa shape index (κ1) is 21.5. The highest BCUT2D eigenvalue weighted by Gasteiger charge is 2.32. The molecule has 2 N–H and O–H groups in total. The summed E-state index contributed by atoms with van der Waals surface area (Å²) in [6, 6.07) is 10.4. The number of nitrogens with zero attached hydrogens (tertiary/aromatic N) is 2. The zero-order valence-electron chi connectivity index (χ0n) is 15.8. The van der Waals surface area contributed by atoms with Gasteiger partial charge in [-0.15, -0.1) is 0 Å². The van der Waals surface area contributed by atoms with Crippen LogP contribution in [0.25, 0.3) is 0 Å². The normalized spacial score (nSPS) is 17.1. The summed E-state index contributed by atoms with van der Waals surface area (Å²) in [5, 5.41) is 25.4. The Balaban J connectivity index is 1.93. The fraction of sp³-hybridized carbons (Fsp3) is 0.368. The highest BCUT2D eigenvalue weighted by molar-refractivity contribution is 7.89. The number of hydrogen-bond acceptors (Lipinski definition) is 6. The molecule has 0 bridgehead atoms. The third-order valence-corrected chi connectivity index (χ3v) is 7.10. The van der Waals surface area contributed by atoms with E-state index in [-0.39, 0.29) is 22.8 Å². The predicted octanol–water partition coefficient (Wildman–Crippen LogP) is 3.35. The van der Waals surface area contributed by atoms with Gasteiger partial charge in [-0.2, -0.15) is 4.31 Å². The lowest BCUT2D eigenvalue weighted by Crippen LogP contribution is -2.32. The minimum absolute atomic E-state index is 0.0202. The van der Waals surface area contributed by atoms with Gasteiger partial charge in [0.1, 0.15) is 10.5 Å². The minimum Gasteiger partial charge on any atom is -0.384 e. The van der Waals surface area contributed by atoms with Gasteiger partial charge in [0.05, 0.1) is 10.6 Å². The molecule has 0 amide bonds. The van der Waals surface area contributed by atoms with Crippen molar-refractivity contribution in [3.63, 3.8) is 0 Å². The molecule has 0 aliphatic carbocycles. The Labute approximate surface area is 174 Å². The second-order valence-electron chi connectivity index (χ2n) is 7.19. The van der Waals surface area contributed by atoms with Gasteiger partial charge in [0.2, 0.25) is 10.0 Å². The Kier molecular flexibility index (Phi) is 6.13. The second-order valence-corrected chi connectivity index (χ2v) is 9.53. The Morgan fingerprint density at radius 1 is 1.24 bits per heavy atom. The molecule has 29 heavy (non-hydrogen) atoms. The summed E-state index contributed by atoms with van der Waals surface area (Å²) in [4.78, 5) is 10.4. The predicted molar refractivity (Wildman–Crippen MR) is 111 cm³/mol. The summed E-state index contributed by atoms with van der Waals surface area (Å²) in [5.74, 6) is 0. The largest absolute Gasteiger partial charge is 0.384 e. The molecule has 10 heteroatoms. The van der Waals surface area contributed by atoms with Gasteiger partial charge in [0, 0.05) is 36.8 Å². The first-order valence-corrected chi connectivity index (χ1v) is 10.9. The van der Waals surface area contributed by atoms with Crippen LogP contribution < -0.4 is 5.32 Å². The average Bonchev–Trinajstić information content (AvgIpc) is 3.22. The van der Waals surface area contributed by atoms with Gasteiger partial charge in [-0.25, -0.2) is 8.42 Å². The molecule has 1 unspecified atom stereocenters. The summed E-state index contributed by atoms with van der Waals surface area (Å²) < 4.78 is 27.4. The number of nitro benzene ring substituents is 1. The molecular formula is C19H22ClN3O5S. The first-order chi connectivity index (χ1) is 13.6. The monoisotopic (exact) mass is 439 g/mol. The van der Waals surface area contributed by atoms with Crippen LogP contribution in [0.15, 0.2) is 47.4 Å². The van der Waals surface area contributed by atoms with Gasteiger partial charge in [-0.1, -0.05) is 23.7 Å². The van der Waals surface area contributed by atoms with Gasteiger partial charge in [0.15, 0.2) is 0 Å². The average molecular weight is 440 g/mol. The molecule has 1 aliphatic rings. The van der Waals surface area contributed by atoms with E-state index in [1.807, 2.05) is 0 Å². The zero-order valence-corrected chi connectivity index (χ0v) is 17.4. The number of aliphatic hydroxyl groups is 1. The van der Waals surface area contributed by atoms with E-state index < -0.39 is 20.5 Å². The molecule has 1 saturated heterocycles. The van der Waals surface area contributed by atoms with Crippen LogP contribution in [0.2, 0.25) is 5.02 Å². The van der Waals surface area contributed by atoms with E-state index in [1.165, 1.54) is 16.4 Å². The number of hydrogen-bond donors (Lipinski definition) is 2. The third-order valence-electron chi connectivity index (χ3n) is 4.93. The number of non-ortho nitro benzene ring substituents is 1. The lowest BCUT2D eigenvalue weighted by atomic mass is 9.96. The van der Waals surface area contributed by atoms with Crippen LogP contribution in [-0.4, -0.2) is 42.4 Å². The van der Waals surface area contributed by atoms with Gasteiger partial charge >= 0.3 is 0 Å². The summed E-state index contributed by atoms with van der Waals surface area (Å²) >= 11 is 5.99. The molecule has 1 atom stereocenters. The number of sulfonamides is 1. The SMILES string of the molecule is CC(O)(CNc1ccc([N+](=O)[O-])cc1S(=O)(=O)N1CCCC1)c1cccc(Cl)c1. The van der Waals surface area contributed by atoms with Crippen molar-refractivity contribution in [1.82, 2.24) is 4.31 Å². The lowest BCUT2D eigenvalue weighted by molar-refractivity contribution is -0.385. The maximum atomic E-state index is 13.1. The van der Waals surface area contributed by atoms with Crippen molar-refractivity contribution >= 4 is 33.0 Å². The molecule has 1 fully saturated rings. The lowest BCUT2D eigenvalue weighted by Gasteiger charge is -2.26. The van der Waals surface area contributed by atoms with Crippen molar-refractivity contribution in [2.24, 2.45) is 0 Å². The van der Waals surface area contributed by atoms with Crippen molar-refractivity contribution in [2.75, 3.05) is 25.0 Å². The summed E-state index contributed by atoms with van der Waals surface area (Å²) in [5.41, 5.74) is -0.899. The summed E-state index contributed by atoms with van der Waals surface area (Å²) in [6.45, 7) is 2.31. The molecule has 2 aromatic carbocycles. The third kappa shape index (κ3) is 4.69. The van der Waals surface area contributed by atoms with Crippen molar-refractivity contribution in [1.29, 1.82) is 0 Å². The van der Waals surface area contributed by atoms with Crippen LogP contribution >= 0.6 is 11.6 Å². The van der Waals surface area contributed by atoms with Crippen molar-refractivity contribution in [3.05, 3.63) is 63.2 Å². The Morgan fingerprint density at radius 2 is 1.93 bits per heavy atom. The van der Waals surface area contributed by atoms with Crippen LogP contribution in [0.3, 0.4) is 0 Å². The second kappa shape index (κ2) is 8.27. The number of nitrogens with one attached hydrogen (secondary N) is 1. The van der Waals surface area contributed by atoms with E-state index in [0.29, 0.717) is 23.7 Å². The molecule has 0 saturated carbocycles. The van der Waals surface area contributed by atoms with Crippen molar-refractivity contribution < 1.29 is 18.4 Å². The van der Waals surface area contributed by atoms with Crippen molar-refractivity contribution in [2.45, 2.75) is 30.3 Å². The van der Waals surface area contributed by atoms with E-state index >= 15 is 0 Å². The summed E-state index contributed by atoms with van der Waals surface area (Å²) in [7, 11) is -3.90. The maximum absolute atomic E-state index is 13.1. The topological polar surface area (TPSA) is 113 Å². The highest BCUT2D eigenvalue weighted by atomic mass is 35.5. The maximum Gasteiger partial charge on any atom is 0.270 e. The van der Waals surface area contributed by atoms with E-state index in [4.69, 9.17) is 11.6 Å². The standard InChI is InChI=1S/C19H22ClN3O5S/c1-19(24,14-5-4-6-15(20)11-14)13-21-17-8-7-16(23(25)26)12-18(17)29(27,28)22-9-2-3-10-22/h4-8,11-12,21,24H,2-3,9-10,13H2,1H3. The van der Waals surface area contributed by atoms with Crippen LogP contribution in [-0.2, 0) is 15.6 Å². The van der Waals surface area contributed by atoms with Crippen molar-refractivity contribution in [3.8, 4) is 0 Å². The molecule has 0 spiro atoms. The number of anilines is 1. The number of halogens is 1. The minimum atomic E-state index is -3.90. The fourth-order valence-electron chi connectivity index (χ4n) is 3.24. The Hall–Kier alpha value is -2.20. The van der Waals surface area contributed by atoms with Crippen LogP contribution in [0.5, 0.6) is 0 Å². The molecule has 0 radical (unpaired) electrons. The van der Waals surface area contributed by atoms with E-state index in [0.717, 1.165) is 18.9 Å². The molecule has 1 aliphatic heterocycles. The molecule has 3 rings (SSSR count). The van der Waals surface area contributed by atoms with Gasteiger partial charge < -0.3 is 10.4 Å². The molecule has 0 aromatic heterocycles. The summed E-state index contributed by atoms with van der Waals surface area (Å²) in [6.07, 6.45) is 1.50. The van der Waals surface area contributed by atoms with E-state index in [1.54, 1.807) is 31.2 Å². The van der Waals surface area contributed by atoms with Gasteiger partial charge in [-0.05, 0) is 43.5 Å². The zero-order chi connectivity index (χ0) is 21.2. The van der Waals surface area contributed by atoms with Gasteiger partial charge in [0.25, 0.3) is 5.69 Å². The van der Waals surface area contributed by atoms with E-state index in [9.17, 15) is 23.6 Å². The molecule has 1 heterocycles. The fourth-order valence-corrected chi connectivity index (χ4v) is 5.14. The number of nitro groups is 1. The van der Waals surface area contributed by atoms with E-state index in [2.05, 4.69) is 5.32 Å².